The highest BCUT2D eigenvalue weighted by atomic mass is 16.5. The zero-order chi connectivity index (χ0) is 13.7. The fourth-order valence-electron chi connectivity index (χ4n) is 2.10. The molecule has 0 spiro atoms. The topological polar surface area (TPSA) is 35.5 Å². The van der Waals surface area contributed by atoms with Gasteiger partial charge in [-0.3, -0.25) is 4.79 Å². The van der Waals surface area contributed by atoms with Gasteiger partial charge in [0.2, 0.25) is 0 Å². The standard InChI is InChI=1S/C16H18O3/c1-18-15-9-8-13(11-16(15)19-2)14(17)10-12-6-4-3-5-7-12/h4,6-9,11H,3,5,10H2,1-2H3. The molecule has 1 aromatic carbocycles. The fourth-order valence-corrected chi connectivity index (χ4v) is 2.10. The van der Waals surface area contributed by atoms with Crippen LogP contribution in [0.3, 0.4) is 0 Å². The van der Waals surface area contributed by atoms with Gasteiger partial charge in [0, 0.05) is 12.0 Å². The first kappa shape index (κ1) is 13.4. The van der Waals surface area contributed by atoms with Crippen LogP contribution < -0.4 is 9.47 Å². The quantitative estimate of drug-likeness (QED) is 0.758. The Morgan fingerprint density at radius 2 is 1.95 bits per heavy atom. The zero-order valence-electron chi connectivity index (χ0n) is 11.3. The van der Waals surface area contributed by atoms with Crippen LogP contribution in [0, 0.1) is 0 Å². The summed E-state index contributed by atoms with van der Waals surface area (Å²) in [6.45, 7) is 0. The van der Waals surface area contributed by atoms with Gasteiger partial charge < -0.3 is 9.47 Å². The number of ether oxygens (including phenoxy) is 2. The second kappa shape index (κ2) is 6.23. The average Bonchev–Trinajstić information content (AvgIpc) is 2.47. The second-order valence-electron chi connectivity index (χ2n) is 4.43. The molecule has 0 fully saturated rings. The Hall–Kier alpha value is -2.03. The van der Waals surface area contributed by atoms with Crippen molar-refractivity contribution in [2.24, 2.45) is 0 Å². The largest absolute Gasteiger partial charge is 0.493 e. The molecule has 0 aromatic heterocycles. The maximum absolute atomic E-state index is 12.2. The number of ketones is 1. The number of Topliss-reactive ketones (excluding diaryl/α,β-unsaturated/α-hetero) is 1. The van der Waals surface area contributed by atoms with E-state index in [4.69, 9.17) is 9.47 Å². The van der Waals surface area contributed by atoms with Gasteiger partial charge in [-0.15, -0.1) is 0 Å². The van der Waals surface area contributed by atoms with E-state index in [0.29, 0.717) is 23.5 Å². The maximum atomic E-state index is 12.2. The molecule has 0 N–H and O–H groups in total. The maximum Gasteiger partial charge on any atom is 0.167 e. The zero-order valence-corrected chi connectivity index (χ0v) is 11.3. The summed E-state index contributed by atoms with van der Waals surface area (Å²) in [5.41, 5.74) is 1.74. The van der Waals surface area contributed by atoms with Gasteiger partial charge in [0.05, 0.1) is 14.2 Å². The highest BCUT2D eigenvalue weighted by Crippen LogP contribution is 2.28. The number of hydrogen-bond donors (Lipinski definition) is 0. The summed E-state index contributed by atoms with van der Waals surface area (Å²) in [6.07, 6.45) is 8.78. The van der Waals surface area contributed by atoms with Crippen LogP contribution in [0.4, 0.5) is 0 Å². The smallest absolute Gasteiger partial charge is 0.167 e. The minimum atomic E-state index is 0.0961. The van der Waals surface area contributed by atoms with Crippen LogP contribution in [-0.2, 0) is 0 Å². The van der Waals surface area contributed by atoms with E-state index in [2.05, 4.69) is 12.2 Å². The molecule has 0 amide bonds. The molecule has 1 aliphatic rings. The molecule has 0 radical (unpaired) electrons. The van der Waals surface area contributed by atoms with Gasteiger partial charge in [0.25, 0.3) is 0 Å². The van der Waals surface area contributed by atoms with E-state index in [1.165, 1.54) is 0 Å². The summed E-state index contributed by atoms with van der Waals surface area (Å²) in [5.74, 6) is 1.32. The lowest BCUT2D eigenvalue weighted by molar-refractivity contribution is 0.0993. The summed E-state index contributed by atoms with van der Waals surface area (Å²) < 4.78 is 10.4. The van der Waals surface area contributed by atoms with Crippen molar-refractivity contribution in [3.63, 3.8) is 0 Å². The Kier molecular flexibility index (Phi) is 4.39. The number of carbonyl (C=O) groups is 1. The minimum absolute atomic E-state index is 0.0961. The number of carbonyl (C=O) groups excluding carboxylic acids is 1. The van der Waals surface area contributed by atoms with Crippen molar-refractivity contribution in [2.45, 2.75) is 19.3 Å². The number of hydrogen-bond acceptors (Lipinski definition) is 3. The minimum Gasteiger partial charge on any atom is -0.493 e. The molecule has 0 saturated carbocycles. The highest BCUT2D eigenvalue weighted by Gasteiger charge is 2.12. The third-order valence-corrected chi connectivity index (χ3v) is 3.14. The number of benzene rings is 1. The fraction of sp³-hybridized carbons (Fsp3) is 0.312. The van der Waals surface area contributed by atoms with Crippen molar-refractivity contribution in [1.29, 1.82) is 0 Å². The first-order valence-corrected chi connectivity index (χ1v) is 6.35. The predicted octanol–water partition coefficient (Wildman–Crippen LogP) is 3.55. The van der Waals surface area contributed by atoms with E-state index < -0.39 is 0 Å². The Labute approximate surface area is 113 Å². The van der Waals surface area contributed by atoms with E-state index in [1.807, 2.05) is 6.08 Å². The SMILES string of the molecule is COc1ccc(C(=O)CC2=CCCC=C2)cc1OC. The molecule has 0 atom stereocenters. The molecule has 0 unspecified atom stereocenters. The van der Waals surface area contributed by atoms with Gasteiger partial charge in [-0.25, -0.2) is 0 Å². The third-order valence-electron chi connectivity index (χ3n) is 3.14. The van der Waals surface area contributed by atoms with Crippen LogP contribution in [0.15, 0.2) is 42.0 Å². The summed E-state index contributed by atoms with van der Waals surface area (Å²) >= 11 is 0. The number of rotatable bonds is 5. The molecule has 0 aliphatic heterocycles. The van der Waals surface area contributed by atoms with Crippen molar-refractivity contribution in [3.05, 3.63) is 47.6 Å². The molecule has 100 valence electrons. The monoisotopic (exact) mass is 258 g/mol. The van der Waals surface area contributed by atoms with Crippen molar-refractivity contribution >= 4 is 5.78 Å². The van der Waals surface area contributed by atoms with Crippen molar-refractivity contribution < 1.29 is 14.3 Å². The lowest BCUT2D eigenvalue weighted by atomic mass is 9.98. The molecule has 2 rings (SSSR count). The lowest BCUT2D eigenvalue weighted by Crippen LogP contribution is -2.02. The van der Waals surface area contributed by atoms with Crippen LogP contribution in [0.5, 0.6) is 11.5 Å². The van der Waals surface area contributed by atoms with Gasteiger partial charge in [0.1, 0.15) is 0 Å². The summed E-state index contributed by atoms with van der Waals surface area (Å²) in [7, 11) is 3.15. The Balaban J connectivity index is 2.15. The first-order chi connectivity index (χ1) is 9.24. The Bertz CT molecular complexity index is 527. The molecule has 1 aliphatic carbocycles. The van der Waals surface area contributed by atoms with Gasteiger partial charge in [0.15, 0.2) is 17.3 Å². The van der Waals surface area contributed by atoms with Crippen molar-refractivity contribution in [1.82, 2.24) is 0 Å². The van der Waals surface area contributed by atoms with Crippen molar-refractivity contribution in [3.8, 4) is 11.5 Å². The summed E-state index contributed by atoms with van der Waals surface area (Å²) in [4.78, 5) is 12.2. The van der Waals surface area contributed by atoms with Crippen molar-refractivity contribution in [2.75, 3.05) is 14.2 Å². The van der Waals surface area contributed by atoms with E-state index in [1.54, 1.807) is 32.4 Å². The molecule has 19 heavy (non-hydrogen) atoms. The van der Waals surface area contributed by atoms with E-state index in [0.717, 1.165) is 18.4 Å². The first-order valence-electron chi connectivity index (χ1n) is 6.35. The van der Waals surface area contributed by atoms with Gasteiger partial charge in [-0.2, -0.15) is 0 Å². The summed E-state index contributed by atoms with van der Waals surface area (Å²) in [6, 6.07) is 5.27. The molecule has 1 aromatic rings. The van der Waals surface area contributed by atoms with Gasteiger partial charge >= 0.3 is 0 Å². The lowest BCUT2D eigenvalue weighted by Gasteiger charge is -2.10. The van der Waals surface area contributed by atoms with E-state index in [-0.39, 0.29) is 5.78 Å². The molecule has 0 saturated heterocycles. The third kappa shape index (κ3) is 3.25. The molecule has 3 heteroatoms. The average molecular weight is 258 g/mol. The molecule has 0 heterocycles. The Morgan fingerprint density at radius 1 is 1.16 bits per heavy atom. The molecular weight excluding hydrogens is 240 g/mol. The van der Waals surface area contributed by atoms with Gasteiger partial charge in [-0.05, 0) is 36.6 Å². The van der Waals surface area contributed by atoms with Crippen LogP contribution >= 0.6 is 0 Å². The van der Waals surface area contributed by atoms with E-state index in [9.17, 15) is 4.79 Å². The molecule has 0 bridgehead atoms. The van der Waals surface area contributed by atoms with E-state index >= 15 is 0 Å². The molecule has 3 nitrogen and oxygen atoms in total. The highest BCUT2D eigenvalue weighted by molar-refractivity contribution is 5.98. The Morgan fingerprint density at radius 3 is 2.58 bits per heavy atom. The van der Waals surface area contributed by atoms with Crippen LogP contribution in [0.25, 0.3) is 0 Å². The van der Waals surface area contributed by atoms with Crippen LogP contribution in [-0.4, -0.2) is 20.0 Å². The number of allylic oxidation sites excluding steroid dienone is 4. The van der Waals surface area contributed by atoms with Gasteiger partial charge in [-0.1, -0.05) is 18.2 Å². The van der Waals surface area contributed by atoms with Crippen LogP contribution in [0.2, 0.25) is 0 Å². The molecular formula is C16H18O3. The van der Waals surface area contributed by atoms with Crippen LogP contribution in [0.1, 0.15) is 29.6 Å². The second-order valence-corrected chi connectivity index (χ2v) is 4.43. The normalized spacial score (nSPS) is 13.9. The predicted molar refractivity (Wildman–Crippen MR) is 75.0 cm³/mol. The number of methoxy groups -OCH3 is 2. The summed E-state index contributed by atoms with van der Waals surface area (Å²) in [5, 5.41) is 0.